The van der Waals surface area contributed by atoms with Gasteiger partial charge in [0.2, 0.25) is 0 Å². The maximum absolute atomic E-state index is 2.35. The van der Waals surface area contributed by atoms with Crippen molar-refractivity contribution in [3.05, 3.63) is 0 Å². The minimum atomic E-state index is 0.550. The molecule has 0 N–H and O–H groups in total. The van der Waals surface area contributed by atoms with Crippen LogP contribution in [0, 0.1) is 0 Å². The highest BCUT2D eigenvalue weighted by molar-refractivity contribution is 4.92. The van der Waals surface area contributed by atoms with Crippen molar-refractivity contribution in [2.24, 2.45) is 0 Å². The first kappa shape index (κ1) is 7.07. The van der Waals surface area contributed by atoms with Crippen LogP contribution < -0.4 is 0 Å². The summed E-state index contributed by atoms with van der Waals surface area (Å²) in [5.41, 5.74) is 0.550. The summed E-state index contributed by atoms with van der Waals surface area (Å²) in [6, 6.07) is 0.863. The zero-order valence-electron chi connectivity index (χ0n) is 7.23. The van der Waals surface area contributed by atoms with Gasteiger partial charge in [-0.25, -0.2) is 0 Å². The molecular weight excluding hydrogens is 110 g/mol. The van der Waals surface area contributed by atoms with Gasteiger partial charge in [-0.1, -0.05) is 0 Å². The quantitative estimate of drug-likeness (QED) is 0.372. The maximum atomic E-state index is 2.35. The summed E-state index contributed by atoms with van der Waals surface area (Å²) < 4.78 is 1.26. The zero-order valence-corrected chi connectivity index (χ0v) is 7.23. The van der Waals surface area contributed by atoms with Crippen LogP contribution >= 0.6 is 0 Å². The Hall–Kier alpha value is -0.0400. The van der Waals surface area contributed by atoms with E-state index in [1.165, 1.54) is 11.0 Å². The van der Waals surface area contributed by atoms with Gasteiger partial charge in [0.25, 0.3) is 0 Å². The van der Waals surface area contributed by atoms with Gasteiger partial charge in [-0.3, -0.25) is 0 Å². The molecule has 1 aliphatic heterocycles. The van der Waals surface area contributed by atoms with E-state index in [1.807, 2.05) is 0 Å². The number of quaternary nitrogens is 1. The van der Waals surface area contributed by atoms with Gasteiger partial charge in [-0.2, -0.15) is 0 Å². The number of hydrogen-bond donors (Lipinski definition) is 0. The van der Waals surface area contributed by atoms with Crippen LogP contribution in [-0.4, -0.2) is 29.7 Å². The highest BCUT2D eigenvalue weighted by atomic mass is 15.5. The zero-order chi connectivity index (χ0) is 7.28. The minimum absolute atomic E-state index is 0.550. The van der Waals surface area contributed by atoms with Crippen LogP contribution in [0.5, 0.6) is 0 Å². The van der Waals surface area contributed by atoms with E-state index in [1.54, 1.807) is 0 Å². The first-order valence-electron chi connectivity index (χ1n) is 3.82. The summed E-state index contributed by atoms with van der Waals surface area (Å²) in [6.07, 6.45) is 0. The van der Waals surface area contributed by atoms with Crippen molar-refractivity contribution in [2.75, 3.05) is 13.6 Å². The molecule has 54 valence electrons. The van der Waals surface area contributed by atoms with Crippen LogP contribution in [0.2, 0.25) is 0 Å². The molecule has 0 saturated carbocycles. The van der Waals surface area contributed by atoms with E-state index in [0.29, 0.717) is 5.54 Å². The predicted octanol–water partition coefficient (Wildman–Crippen LogP) is 1.63. The van der Waals surface area contributed by atoms with Crippen LogP contribution in [-0.2, 0) is 0 Å². The molecule has 2 atom stereocenters. The third-order valence-corrected chi connectivity index (χ3v) is 3.78. The second kappa shape index (κ2) is 1.51. The van der Waals surface area contributed by atoms with Crippen molar-refractivity contribution < 1.29 is 4.48 Å². The van der Waals surface area contributed by atoms with Gasteiger partial charge in [-0.05, 0) is 27.7 Å². The Morgan fingerprint density at radius 1 is 1.44 bits per heavy atom. The number of likely N-dealkylation sites (N-methyl/N-ethyl adjacent to an activating group) is 1. The lowest BCUT2D eigenvalue weighted by molar-refractivity contribution is -0.815. The molecule has 0 spiro atoms. The molecule has 0 aromatic rings. The molecular formula is C8H18N+. The van der Waals surface area contributed by atoms with Gasteiger partial charge in [0.05, 0.1) is 13.6 Å². The highest BCUT2D eigenvalue weighted by Crippen LogP contribution is 2.47. The molecule has 1 fully saturated rings. The molecule has 1 heterocycles. The number of rotatable bonds is 1. The van der Waals surface area contributed by atoms with Crippen LogP contribution in [0.3, 0.4) is 0 Å². The summed E-state index contributed by atoms with van der Waals surface area (Å²) in [7, 11) is 2.34. The third kappa shape index (κ3) is 0.586. The Balaban J connectivity index is 2.70. The molecule has 0 aromatic carbocycles. The molecule has 0 aliphatic carbocycles. The molecule has 0 bridgehead atoms. The molecule has 0 radical (unpaired) electrons. The van der Waals surface area contributed by atoms with Crippen LogP contribution in [0.4, 0.5) is 0 Å². The predicted molar refractivity (Wildman–Crippen MR) is 40.3 cm³/mol. The molecule has 0 aromatic heterocycles. The fraction of sp³-hybridized carbons (Fsp3) is 1.00. The van der Waals surface area contributed by atoms with Crippen molar-refractivity contribution in [2.45, 2.75) is 39.3 Å². The number of hydrogen-bond acceptors (Lipinski definition) is 0. The van der Waals surface area contributed by atoms with Gasteiger partial charge in [0, 0.05) is 0 Å². The van der Waals surface area contributed by atoms with Crippen molar-refractivity contribution in [3.8, 4) is 0 Å². The summed E-state index contributed by atoms with van der Waals surface area (Å²) in [5.74, 6) is 0. The first-order chi connectivity index (χ1) is 3.97. The van der Waals surface area contributed by atoms with Gasteiger partial charge in [0.1, 0.15) is 11.6 Å². The smallest absolute Gasteiger partial charge is 0.146 e. The fourth-order valence-electron chi connectivity index (χ4n) is 1.90. The Labute approximate surface area is 58.3 Å². The third-order valence-electron chi connectivity index (χ3n) is 3.78. The normalized spacial score (nSPS) is 47.0. The van der Waals surface area contributed by atoms with Crippen LogP contribution in [0.1, 0.15) is 27.7 Å². The average Bonchev–Trinajstić information content (AvgIpc) is 2.16. The van der Waals surface area contributed by atoms with E-state index in [9.17, 15) is 0 Å². The van der Waals surface area contributed by atoms with E-state index in [4.69, 9.17) is 0 Å². The maximum Gasteiger partial charge on any atom is 0.146 e. The van der Waals surface area contributed by atoms with Gasteiger partial charge in [-0.15, -0.1) is 0 Å². The van der Waals surface area contributed by atoms with Crippen LogP contribution in [0.25, 0.3) is 0 Å². The molecule has 9 heavy (non-hydrogen) atoms. The summed E-state index contributed by atoms with van der Waals surface area (Å²) in [6.45, 7) is 10.6. The van der Waals surface area contributed by atoms with Crippen molar-refractivity contribution in [1.29, 1.82) is 0 Å². The van der Waals surface area contributed by atoms with E-state index in [0.717, 1.165) is 6.04 Å². The van der Waals surface area contributed by atoms with E-state index < -0.39 is 0 Å². The average molecular weight is 128 g/mol. The highest BCUT2D eigenvalue weighted by Gasteiger charge is 2.66. The molecule has 1 rings (SSSR count). The Kier molecular flexibility index (Phi) is 1.19. The molecule has 1 nitrogen and oxygen atoms in total. The standard InChI is InChI=1S/C8H18N/c1-6-9(5)7(2)8(9,3)4/h7H,6H2,1-5H3/q+1. The lowest BCUT2D eigenvalue weighted by Crippen LogP contribution is -2.27. The first-order valence-corrected chi connectivity index (χ1v) is 3.82. The minimum Gasteiger partial charge on any atom is -0.310 e. The van der Waals surface area contributed by atoms with E-state index in [2.05, 4.69) is 34.7 Å². The number of nitrogens with zero attached hydrogens (tertiary/aromatic N) is 1. The van der Waals surface area contributed by atoms with E-state index >= 15 is 0 Å². The van der Waals surface area contributed by atoms with Crippen molar-refractivity contribution in [3.63, 3.8) is 0 Å². The Morgan fingerprint density at radius 3 is 1.78 bits per heavy atom. The van der Waals surface area contributed by atoms with Gasteiger partial charge >= 0.3 is 0 Å². The van der Waals surface area contributed by atoms with Crippen LogP contribution in [0.15, 0.2) is 0 Å². The SMILES string of the molecule is CC[N+]1(C)C(C)C1(C)C. The molecule has 2 unspecified atom stereocenters. The molecule has 1 heteroatoms. The fourth-order valence-corrected chi connectivity index (χ4v) is 1.90. The molecule has 1 aliphatic rings. The molecule has 0 amide bonds. The Bertz CT molecular complexity index is 129. The van der Waals surface area contributed by atoms with Crippen molar-refractivity contribution >= 4 is 0 Å². The van der Waals surface area contributed by atoms with E-state index in [-0.39, 0.29) is 0 Å². The summed E-state index contributed by atoms with van der Waals surface area (Å²) >= 11 is 0. The second-order valence-electron chi connectivity index (χ2n) is 3.91. The lowest BCUT2D eigenvalue weighted by atomic mass is 10.1. The van der Waals surface area contributed by atoms with Gasteiger partial charge in [0.15, 0.2) is 0 Å². The second-order valence-corrected chi connectivity index (χ2v) is 3.91. The summed E-state index contributed by atoms with van der Waals surface area (Å²) in [4.78, 5) is 0. The van der Waals surface area contributed by atoms with Crippen molar-refractivity contribution in [1.82, 2.24) is 0 Å². The lowest BCUT2D eigenvalue weighted by Gasteiger charge is -2.14. The van der Waals surface area contributed by atoms with Gasteiger partial charge < -0.3 is 4.48 Å². The topological polar surface area (TPSA) is 0 Å². The monoisotopic (exact) mass is 128 g/mol. The largest absolute Gasteiger partial charge is 0.310 e. The summed E-state index contributed by atoms with van der Waals surface area (Å²) in [5, 5.41) is 0. The molecule has 1 saturated heterocycles. The Morgan fingerprint density at radius 2 is 1.78 bits per heavy atom.